The molecule has 0 aromatic heterocycles. The predicted molar refractivity (Wildman–Crippen MR) is 118 cm³/mol. The fourth-order valence-electron chi connectivity index (χ4n) is 2.13. The van der Waals surface area contributed by atoms with E-state index in [4.69, 9.17) is 25.3 Å². The first-order valence-electron chi connectivity index (χ1n) is 9.00. The SMILES string of the molecule is C1CCCC1.C1CCCC1.CP(C)CC[S-].CP(C)CC[S-].[Ti+4]. The quantitative estimate of drug-likeness (QED) is 0.286. The maximum Gasteiger partial charge on any atom is 4.00 e. The third kappa shape index (κ3) is 36.1. The Morgan fingerprint density at radius 1 is 0.522 bits per heavy atom. The van der Waals surface area contributed by atoms with E-state index in [1.54, 1.807) is 0 Å². The molecule has 0 heterocycles. The molecular weight excluding hydrogens is 390 g/mol. The van der Waals surface area contributed by atoms with E-state index in [9.17, 15) is 0 Å². The molecule has 23 heavy (non-hydrogen) atoms. The number of hydrogen-bond acceptors (Lipinski definition) is 2. The van der Waals surface area contributed by atoms with Gasteiger partial charge in [0, 0.05) is 0 Å². The van der Waals surface area contributed by atoms with Gasteiger partial charge in [-0.25, -0.2) is 0 Å². The molecule has 0 amide bonds. The van der Waals surface area contributed by atoms with Crippen molar-refractivity contribution in [1.82, 2.24) is 0 Å². The Bertz CT molecular complexity index is 151. The maximum absolute atomic E-state index is 4.74. The van der Waals surface area contributed by atoms with E-state index in [1.807, 2.05) is 0 Å². The van der Waals surface area contributed by atoms with Gasteiger partial charge in [0.1, 0.15) is 0 Å². The molecule has 0 N–H and O–H groups in total. The van der Waals surface area contributed by atoms with Gasteiger partial charge in [-0.15, -0.1) is 15.8 Å². The van der Waals surface area contributed by atoms with E-state index in [0.717, 1.165) is 11.5 Å². The molecule has 5 heteroatoms. The van der Waals surface area contributed by atoms with Crippen LogP contribution < -0.4 is 0 Å². The van der Waals surface area contributed by atoms with Crippen LogP contribution in [0.5, 0.6) is 0 Å². The molecule has 2 rings (SSSR count). The van der Waals surface area contributed by atoms with Crippen molar-refractivity contribution in [3.63, 3.8) is 0 Å². The van der Waals surface area contributed by atoms with Crippen molar-refractivity contribution in [2.24, 2.45) is 0 Å². The minimum absolute atomic E-state index is 0. The molecule has 2 aliphatic carbocycles. The number of rotatable bonds is 4. The molecule has 2 fully saturated rings. The van der Waals surface area contributed by atoms with Crippen molar-refractivity contribution < 1.29 is 21.7 Å². The monoisotopic (exact) mass is 430 g/mol. The van der Waals surface area contributed by atoms with Gasteiger partial charge >= 0.3 is 21.7 Å². The van der Waals surface area contributed by atoms with E-state index in [2.05, 4.69) is 26.7 Å². The topological polar surface area (TPSA) is 0 Å². The standard InChI is InChI=1S/2C5H10.2C4H11PS.Ti/c2*1-2-4-5-3-1;2*1-5(2)3-4-6;/h2*1-5H2;2*6H,3-4H2,1-2H3;/q;;;;+4/p-2. The minimum Gasteiger partial charge on any atom is -0.792 e. The van der Waals surface area contributed by atoms with Crippen LogP contribution in [0.25, 0.3) is 0 Å². The van der Waals surface area contributed by atoms with Crippen LogP contribution in [0.1, 0.15) is 64.2 Å². The molecule has 0 nitrogen and oxygen atoms in total. The van der Waals surface area contributed by atoms with E-state index >= 15 is 0 Å². The van der Waals surface area contributed by atoms with Crippen LogP contribution in [-0.4, -0.2) is 50.5 Å². The summed E-state index contributed by atoms with van der Waals surface area (Å²) in [5.41, 5.74) is 0. The van der Waals surface area contributed by atoms with E-state index in [-0.39, 0.29) is 21.7 Å². The van der Waals surface area contributed by atoms with Crippen molar-refractivity contribution in [2.45, 2.75) is 64.2 Å². The summed E-state index contributed by atoms with van der Waals surface area (Å²) in [4.78, 5) is 0. The zero-order valence-electron chi connectivity index (χ0n) is 16.1. The van der Waals surface area contributed by atoms with Crippen LogP contribution in [0.2, 0.25) is 0 Å². The van der Waals surface area contributed by atoms with Crippen LogP contribution >= 0.6 is 15.8 Å². The fraction of sp³-hybridized carbons (Fsp3) is 1.00. The van der Waals surface area contributed by atoms with Crippen LogP contribution in [0.4, 0.5) is 0 Å². The summed E-state index contributed by atoms with van der Waals surface area (Å²) in [6.07, 6.45) is 17.5. The zero-order valence-corrected chi connectivity index (χ0v) is 21.1. The molecule has 0 saturated heterocycles. The third-order valence-electron chi connectivity index (χ3n) is 3.58. The van der Waals surface area contributed by atoms with Gasteiger partial charge in [0.05, 0.1) is 0 Å². The van der Waals surface area contributed by atoms with Gasteiger partial charge in [-0.3, -0.25) is 0 Å². The molecule has 0 radical (unpaired) electrons. The van der Waals surface area contributed by atoms with Crippen molar-refractivity contribution >= 4 is 41.1 Å². The molecule has 0 unspecified atom stereocenters. The Hall–Kier alpha value is 2.27. The predicted octanol–water partition coefficient (Wildman–Crippen LogP) is 6.45. The second kappa shape index (κ2) is 26.5. The summed E-state index contributed by atoms with van der Waals surface area (Å²) in [6, 6.07) is 0. The van der Waals surface area contributed by atoms with Gasteiger partial charge in [-0.1, -0.05) is 76.5 Å². The Morgan fingerprint density at radius 3 is 0.739 bits per heavy atom. The summed E-state index contributed by atoms with van der Waals surface area (Å²) >= 11 is 9.49. The first-order chi connectivity index (χ1) is 10.5. The van der Waals surface area contributed by atoms with Gasteiger partial charge in [0.25, 0.3) is 0 Å². The van der Waals surface area contributed by atoms with Crippen LogP contribution in [0.3, 0.4) is 0 Å². The normalized spacial score (nSPS) is 15.7. The Morgan fingerprint density at radius 2 is 0.696 bits per heavy atom. The maximum atomic E-state index is 4.74. The molecule has 136 valence electrons. The Kier molecular flexibility index (Phi) is 34.6. The molecule has 0 bridgehead atoms. The average Bonchev–Trinajstić information content (AvgIpc) is 3.19. The van der Waals surface area contributed by atoms with Crippen LogP contribution in [0.15, 0.2) is 0 Å². The molecule has 0 spiro atoms. The van der Waals surface area contributed by atoms with Gasteiger partial charge < -0.3 is 25.3 Å². The van der Waals surface area contributed by atoms with Crippen LogP contribution in [0, 0.1) is 0 Å². The first-order valence-corrected chi connectivity index (χ1v) is 15.0. The van der Waals surface area contributed by atoms with E-state index in [1.165, 1.54) is 76.5 Å². The van der Waals surface area contributed by atoms with Gasteiger partial charge in [0.2, 0.25) is 0 Å². The van der Waals surface area contributed by atoms with Crippen molar-refractivity contribution in [3.05, 3.63) is 0 Å². The van der Waals surface area contributed by atoms with Gasteiger partial charge in [-0.2, -0.15) is 11.5 Å². The fourth-order valence-corrected chi connectivity index (χ4v) is 5.05. The Labute approximate surface area is 176 Å². The van der Waals surface area contributed by atoms with Crippen molar-refractivity contribution in [3.8, 4) is 0 Å². The van der Waals surface area contributed by atoms with Crippen molar-refractivity contribution in [2.75, 3.05) is 50.5 Å². The minimum atomic E-state index is 0. The van der Waals surface area contributed by atoms with E-state index in [0.29, 0.717) is 15.8 Å². The Balaban J connectivity index is -0.000000229. The molecule has 0 aliphatic heterocycles. The second-order valence-corrected chi connectivity index (χ2v) is 12.6. The van der Waals surface area contributed by atoms with Gasteiger partial charge in [-0.05, 0) is 26.7 Å². The third-order valence-corrected chi connectivity index (χ3v) is 6.83. The zero-order chi connectivity index (χ0) is 17.1. The van der Waals surface area contributed by atoms with Crippen molar-refractivity contribution in [1.29, 1.82) is 0 Å². The molecule has 0 atom stereocenters. The summed E-state index contributed by atoms with van der Waals surface area (Å²) < 4.78 is 0. The molecule has 2 saturated carbocycles. The largest absolute Gasteiger partial charge is 4.00 e. The molecule has 0 aromatic carbocycles. The summed E-state index contributed by atoms with van der Waals surface area (Å²) in [6.45, 7) is 9.01. The summed E-state index contributed by atoms with van der Waals surface area (Å²) in [5.74, 6) is 1.89. The average molecular weight is 430 g/mol. The molecule has 2 aliphatic rings. The smallest absolute Gasteiger partial charge is 0.792 e. The summed E-state index contributed by atoms with van der Waals surface area (Å²) in [7, 11) is 0.591. The first kappa shape index (κ1) is 30.0. The van der Waals surface area contributed by atoms with Crippen LogP contribution in [-0.2, 0) is 47.0 Å². The summed E-state index contributed by atoms with van der Waals surface area (Å²) in [5, 5.41) is 0. The molecular formula is C18H40P2S2Ti+2. The molecule has 0 aromatic rings. The number of hydrogen-bond donors (Lipinski definition) is 0. The van der Waals surface area contributed by atoms with E-state index < -0.39 is 0 Å². The second-order valence-electron chi connectivity index (χ2n) is 6.55. The van der Waals surface area contributed by atoms with Gasteiger partial charge in [0.15, 0.2) is 0 Å².